The predicted octanol–water partition coefficient (Wildman–Crippen LogP) is 0.883. The highest BCUT2D eigenvalue weighted by atomic mass is 32.2. The van der Waals surface area contributed by atoms with Crippen LogP contribution in [0.1, 0.15) is 28.9 Å². The molecule has 1 fully saturated rings. The molecule has 1 aromatic heterocycles. The molecule has 30 heavy (non-hydrogen) atoms. The highest BCUT2D eigenvalue weighted by molar-refractivity contribution is 7.89. The molecule has 3 rings (SSSR count). The smallest absolute Gasteiger partial charge is 0.252 e. The minimum absolute atomic E-state index is 0.00102. The first-order valence-corrected chi connectivity index (χ1v) is 11.1. The van der Waals surface area contributed by atoms with Crippen molar-refractivity contribution in [2.45, 2.75) is 24.7 Å². The number of primary amides is 1. The number of ether oxygens (including phenoxy) is 1. The van der Waals surface area contributed by atoms with Crippen LogP contribution in [0.15, 0.2) is 29.2 Å². The summed E-state index contributed by atoms with van der Waals surface area (Å²) in [4.78, 5) is 22.5. The zero-order valence-corrected chi connectivity index (χ0v) is 17.8. The van der Waals surface area contributed by atoms with Crippen molar-refractivity contribution in [3.63, 3.8) is 0 Å². The minimum Gasteiger partial charge on any atom is -0.496 e. The maximum atomic E-state index is 12.5. The number of nitrogens with zero attached hydrogens (tertiary/aromatic N) is 3. The average Bonchev–Trinajstić information content (AvgIpc) is 3.25. The molecule has 0 atom stereocenters. The molecule has 0 radical (unpaired) electrons. The summed E-state index contributed by atoms with van der Waals surface area (Å²) in [6, 6.07) is 5.89. The number of sulfonamides is 1. The molecular weight excluding hydrogens is 408 g/mol. The molecule has 11 heteroatoms. The van der Waals surface area contributed by atoms with Gasteiger partial charge in [0.2, 0.25) is 16.0 Å². The summed E-state index contributed by atoms with van der Waals surface area (Å²) in [6.07, 6.45) is 2.30. The van der Waals surface area contributed by atoms with Gasteiger partial charge >= 0.3 is 0 Å². The molecule has 2 aromatic rings. The van der Waals surface area contributed by atoms with E-state index in [1.165, 1.54) is 25.3 Å². The molecule has 0 saturated carbocycles. The van der Waals surface area contributed by atoms with Crippen LogP contribution in [0.2, 0.25) is 0 Å². The molecule has 0 unspecified atom stereocenters. The van der Waals surface area contributed by atoms with Crippen molar-refractivity contribution >= 4 is 27.7 Å². The van der Waals surface area contributed by atoms with Crippen molar-refractivity contribution < 1.29 is 17.9 Å². The first-order valence-electron chi connectivity index (χ1n) is 9.62. The van der Waals surface area contributed by atoms with Gasteiger partial charge in [-0.25, -0.2) is 18.1 Å². The number of aryl methyl sites for hydroxylation is 1. The molecule has 1 amide bonds. The second kappa shape index (κ2) is 9.26. The molecule has 162 valence electrons. The molecule has 1 saturated heterocycles. The maximum absolute atomic E-state index is 12.5. The fraction of sp³-hybridized carbons (Fsp3) is 0.421. The van der Waals surface area contributed by atoms with Crippen molar-refractivity contribution in [1.82, 2.24) is 14.7 Å². The Morgan fingerprint density at radius 3 is 2.60 bits per heavy atom. The third kappa shape index (κ3) is 5.16. The summed E-state index contributed by atoms with van der Waals surface area (Å²) in [5.74, 6) is 0.779. The number of anilines is 2. The summed E-state index contributed by atoms with van der Waals surface area (Å²) >= 11 is 0. The highest BCUT2D eigenvalue weighted by Gasteiger charge is 2.19. The lowest BCUT2D eigenvalue weighted by molar-refractivity contribution is 0.0997. The number of nitrogens with two attached hydrogens (primary N) is 1. The fourth-order valence-electron chi connectivity index (χ4n) is 3.23. The first-order chi connectivity index (χ1) is 14.3. The molecular formula is C19H26N6O4S. The zero-order chi connectivity index (χ0) is 21.7. The summed E-state index contributed by atoms with van der Waals surface area (Å²) in [5, 5.41) is 3.05. The number of hydrogen-bond acceptors (Lipinski definition) is 8. The number of nitrogens with one attached hydrogen (secondary N) is 2. The Bertz CT molecular complexity index is 1020. The van der Waals surface area contributed by atoms with Gasteiger partial charge in [0.25, 0.3) is 5.91 Å². The molecule has 0 aliphatic carbocycles. The van der Waals surface area contributed by atoms with Gasteiger partial charge in [0, 0.05) is 37.9 Å². The van der Waals surface area contributed by atoms with E-state index in [2.05, 4.69) is 24.9 Å². The van der Waals surface area contributed by atoms with Crippen molar-refractivity contribution in [1.29, 1.82) is 0 Å². The monoisotopic (exact) mass is 434 g/mol. The number of carbonyl (C=O) groups is 1. The lowest BCUT2D eigenvalue weighted by Crippen LogP contribution is -2.29. The summed E-state index contributed by atoms with van der Waals surface area (Å²) in [5.41, 5.74) is 6.14. The number of benzene rings is 1. The van der Waals surface area contributed by atoms with Crippen LogP contribution < -0.4 is 25.4 Å². The van der Waals surface area contributed by atoms with Crippen LogP contribution in [0.3, 0.4) is 0 Å². The van der Waals surface area contributed by atoms with E-state index in [-0.39, 0.29) is 22.8 Å². The maximum Gasteiger partial charge on any atom is 0.252 e. The average molecular weight is 435 g/mol. The van der Waals surface area contributed by atoms with Gasteiger partial charge in [-0.2, -0.15) is 4.98 Å². The molecule has 1 aliphatic heterocycles. The Balaban J connectivity index is 1.61. The number of aromatic nitrogens is 2. The molecule has 0 spiro atoms. The molecule has 0 bridgehead atoms. The Morgan fingerprint density at radius 2 is 1.93 bits per heavy atom. The third-order valence-electron chi connectivity index (χ3n) is 4.72. The first kappa shape index (κ1) is 21.8. The highest BCUT2D eigenvalue weighted by Crippen LogP contribution is 2.22. The van der Waals surface area contributed by atoms with Crippen LogP contribution in [0.5, 0.6) is 5.75 Å². The molecule has 1 aliphatic rings. The van der Waals surface area contributed by atoms with Gasteiger partial charge in [0.15, 0.2) is 0 Å². The topological polar surface area (TPSA) is 140 Å². The van der Waals surface area contributed by atoms with Crippen LogP contribution in [0.4, 0.5) is 11.8 Å². The van der Waals surface area contributed by atoms with E-state index in [9.17, 15) is 13.2 Å². The van der Waals surface area contributed by atoms with E-state index in [0.29, 0.717) is 12.5 Å². The van der Waals surface area contributed by atoms with E-state index < -0.39 is 15.9 Å². The zero-order valence-electron chi connectivity index (χ0n) is 17.0. The van der Waals surface area contributed by atoms with Crippen molar-refractivity contribution in [3.05, 3.63) is 35.5 Å². The Kier molecular flexibility index (Phi) is 6.73. The van der Waals surface area contributed by atoms with Gasteiger partial charge in [0.05, 0.1) is 17.6 Å². The van der Waals surface area contributed by atoms with Crippen LogP contribution in [-0.2, 0) is 10.0 Å². The van der Waals surface area contributed by atoms with Crippen LogP contribution in [0.25, 0.3) is 0 Å². The number of carbonyl (C=O) groups excluding carboxylic acids is 1. The number of hydrogen-bond donors (Lipinski definition) is 3. The van der Waals surface area contributed by atoms with Crippen LogP contribution in [0, 0.1) is 6.92 Å². The number of rotatable bonds is 9. The van der Waals surface area contributed by atoms with Gasteiger partial charge in [-0.15, -0.1) is 0 Å². The molecule has 10 nitrogen and oxygen atoms in total. The summed E-state index contributed by atoms with van der Waals surface area (Å²) in [6.45, 7) is 4.25. The van der Waals surface area contributed by atoms with E-state index in [1.807, 2.05) is 13.0 Å². The normalized spacial score (nSPS) is 14.0. The van der Waals surface area contributed by atoms with E-state index >= 15 is 0 Å². The van der Waals surface area contributed by atoms with E-state index in [0.717, 1.165) is 37.4 Å². The third-order valence-corrected chi connectivity index (χ3v) is 6.18. The SMILES string of the molecule is COc1ccc(S(=O)(=O)NCCNc2nc(C)cc(N3CCCC3)n2)cc1C(N)=O. The number of methoxy groups -OCH3 is 1. The van der Waals surface area contributed by atoms with Gasteiger partial charge in [-0.1, -0.05) is 0 Å². The van der Waals surface area contributed by atoms with Crippen molar-refractivity contribution in [2.75, 3.05) is 43.5 Å². The lowest BCUT2D eigenvalue weighted by Gasteiger charge is -2.17. The Hall–Kier alpha value is -2.92. The van der Waals surface area contributed by atoms with Gasteiger partial charge in [-0.3, -0.25) is 4.79 Å². The van der Waals surface area contributed by atoms with E-state index in [1.54, 1.807) is 0 Å². The minimum atomic E-state index is -3.83. The second-order valence-electron chi connectivity index (χ2n) is 6.94. The largest absolute Gasteiger partial charge is 0.496 e. The predicted molar refractivity (Wildman–Crippen MR) is 113 cm³/mol. The quantitative estimate of drug-likeness (QED) is 0.494. The molecule has 4 N–H and O–H groups in total. The number of amides is 1. The second-order valence-corrected chi connectivity index (χ2v) is 8.70. The Labute approximate surface area is 175 Å². The molecule has 1 aromatic carbocycles. The summed E-state index contributed by atoms with van der Waals surface area (Å²) in [7, 11) is -2.45. The lowest BCUT2D eigenvalue weighted by atomic mass is 10.2. The molecule has 2 heterocycles. The summed E-state index contributed by atoms with van der Waals surface area (Å²) < 4.78 is 32.6. The van der Waals surface area contributed by atoms with Gasteiger partial charge in [0.1, 0.15) is 11.6 Å². The van der Waals surface area contributed by atoms with Gasteiger partial charge in [-0.05, 0) is 38.0 Å². The standard InChI is InChI=1S/C19H26N6O4S/c1-13-11-17(25-9-3-4-10-25)24-19(23-13)21-7-8-22-30(27,28)14-5-6-16(29-2)15(12-14)18(20)26/h5-6,11-12,22H,3-4,7-10H2,1-2H3,(H2,20,26)(H,21,23,24). The fourth-order valence-corrected chi connectivity index (χ4v) is 4.29. The van der Waals surface area contributed by atoms with Crippen molar-refractivity contribution in [2.24, 2.45) is 5.73 Å². The van der Waals surface area contributed by atoms with Crippen LogP contribution >= 0.6 is 0 Å². The van der Waals surface area contributed by atoms with Crippen LogP contribution in [-0.4, -0.2) is 57.6 Å². The van der Waals surface area contributed by atoms with Gasteiger partial charge < -0.3 is 20.7 Å². The Morgan fingerprint density at radius 1 is 1.20 bits per heavy atom. The van der Waals surface area contributed by atoms with Crippen molar-refractivity contribution in [3.8, 4) is 5.75 Å². The van der Waals surface area contributed by atoms with E-state index in [4.69, 9.17) is 10.5 Å².